The molecule has 0 bridgehead atoms. The summed E-state index contributed by atoms with van der Waals surface area (Å²) in [5.74, 6) is -0.370. The molecule has 0 saturated heterocycles. The van der Waals surface area contributed by atoms with Gasteiger partial charge >= 0.3 is 0 Å². The number of hydrogen-bond donors (Lipinski definition) is 2. The fourth-order valence-corrected chi connectivity index (χ4v) is 1.73. The fourth-order valence-electron chi connectivity index (χ4n) is 1.73. The quantitative estimate of drug-likeness (QED) is 0.433. The van der Waals surface area contributed by atoms with E-state index in [1.54, 1.807) is 7.11 Å². The maximum atomic E-state index is 11.8. The molecule has 5 nitrogen and oxygen atoms in total. The Hall–Kier alpha value is -2.32. The number of methoxy groups -OCH3 is 1. The molecule has 0 aliphatic heterocycles. The number of nitrogens with one attached hydrogen (secondary N) is 2. The van der Waals surface area contributed by atoms with Gasteiger partial charge in [0.2, 0.25) is 0 Å². The molecule has 1 aromatic rings. The zero-order chi connectivity index (χ0) is 15.5. The minimum atomic E-state index is -0.370. The van der Waals surface area contributed by atoms with Gasteiger partial charge in [-0.3, -0.25) is 4.79 Å². The predicted molar refractivity (Wildman–Crippen MR) is 81.2 cm³/mol. The summed E-state index contributed by atoms with van der Waals surface area (Å²) in [6, 6.07) is 9.86. The molecule has 1 amide bonds. The van der Waals surface area contributed by atoms with Gasteiger partial charge in [0.1, 0.15) is 11.6 Å². The van der Waals surface area contributed by atoms with Crippen LogP contribution in [0.4, 0.5) is 0 Å². The van der Waals surface area contributed by atoms with E-state index in [9.17, 15) is 4.79 Å². The Morgan fingerprint density at radius 1 is 1.43 bits per heavy atom. The fraction of sp³-hybridized carbons (Fsp3) is 0.375. The van der Waals surface area contributed by atoms with Crippen LogP contribution in [0.5, 0.6) is 0 Å². The lowest BCUT2D eigenvalue weighted by molar-refractivity contribution is -0.117. The lowest BCUT2D eigenvalue weighted by Crippen LogP contribution is -2.27. The highest BCUT2D eigenvalue weighted by Crippen LogP contribution is 2.06. The standard InChI is InChI=1S/C16H21N3O2/c1-13-6-3-4-7-14(13)11-18-12-15(10-17)16(20)19-8-5-9-21-2/h3-4,6-7,12,18H,5,8-9,11H2,1-2H3,(H,19,20)/b15-12-. The van der Waals surface area contributed by atoms with Crippen molar-refractivity contribution in [1.29, 1.82) is 5.26 Å². The highest BCUT2D eigenvalue weighted by Gasteiger charge is 2.07. The van der Waals surface area contributed by atoms with Gasteiger partial charge in [-0.25, -0.2) is 0 Å². The van der Waals surface area contributed by atoms with Gasteiger partial charge in [0.05, 0.1) is 0 Å². The number of carbonyl (C=O) groups is 1. The molecular weight excluding hydrogens is 266 g/mol. The molecular formula is C16H21N3O2. The molecule has 0 unspecified atom stereocenters. The first-order valence-corrected chi connectivity index (χ1v) is 6.84. The van der Waals surface area contributed by atoms with E-state index in [-0.39, 0.29) is 11.5 Å². The van der Waals surface area contributed by atoms with Crippen LogP contribution in [0, 0.1) is 18.3 Å². The zero-order valence-corrected chi connectivity index (χ0v) is 12.5. The Balaban J connectivity index is 2.46. The Morgan fingerprint density at radius 3 is 2.86 bits per heavy atom. The number of benzene rings is 1. The van der Waals surface area contributed by atoms with Gasteiger partial charge in [-0.15, -0.1) is 0 Å². The second-order valence-electron chi connectivity index (χ2n) is 4.58. The number of nitriles is 1. The zero-order valence-electron chi connectivity index (χ0n) is 12.5. The molecule has 0 fully saturated rings. The van der Waals surface area contributed by atoms with Crippen LogP contribution in [0.15, 0.2) is 36.0 Å². The van der Waals surface area contributed by atoms with Crippen LogP contribution in [0.25, 0.3) is 0 Å². The smallest absolute Gasteiger partial charge is 0.263 e. The second-order valence-corrected chi connectivity index (χ2v) is 4.58. The van der Waals surface area contributed by atoms with Gasteiger partial charge in [-0.2, -0.15) is 5.26 Å². The largest absolute Gasteiger partial charge is 0.386 e. The molecule has 0 spiro atoms. The van der Waals surface area contributed by atoms with Gasteiger partial charge in [-0.05, 0) is 24.5 Å². The predicted octanol–water partition coefficient (Wildman–Crippen LogP) is 1.64. The second kappa shape index (κ2) is 9.56. The Labute approximate surface area is 125 Å². The summed E-state index contributed by atoms with van der Waals surface area (Å²) < 4.78 is 4.89. The summed E-state index contributed by atoms with van der Waals surface area (Å²) in [7, 11) is 1.61. The number of aryl methyl sites for hydroxylation is 1. The third-order valence-corrected chi connectivity index (χ3v) is 2.98. The van der Waals surface area contributed by atoms with Crippen LogP contribution >= 0.6 is 0 Å². The first-order chi connectivity index (χ1) is 10.2. The average molecular weight is 287 g/mol. The summed E-state index contributed by atoms with van der Waals surface area (Å²) in [5.41, 5.74) is 2.37. The van der Waals surface area contributed by atoms with E-state index in [0.717, 1.165) is 12.0 Å². The number of ether oxygens (including phenoxy) is 1. The summed E-state index contributed by atoms with van der Waals surface area (Å²) >= 11 is 0. The number of rotatable bonds is 8. The van der Waals surface area contributed by atoms with Crippen molar-refractivity contribution in [3.63, 3.8) is 0 Å². The average Bonchev–Trinajstić information content (AvgIpc) is 2.49. The Bertz CT molecular complexity index is 533. The maximum absolute atomic E-state index is 11.8. The Kier molecular flexibility index (Phi) is 7.62. The van der Waals surface area contributed by atoms with E-state index < -0.39 is 0 Å². The Morgan fingerprint density at radius 2 is 2.19 bits per heavy atom. The highest BCUT2D eigenvalue weighted by molar-refractivity contribution is 5.97. The number of amides is 1. The van der Waals surface area contributed by atoms with E-state index in [2.05, 4.69) is 10.6 Å². The van der Waals surface area contributed by atoms with Crippen LogP contribution in [0.2, 0.25) is 0 Å². The molecule has 0 aliphatic carbocycles. The van der Waals surface area contributed by atoms with Crippen molar-refractivity contribution in [3.05, 3.63) is 47.2 Å². The van der Waals surface area contributed by atoms with Gasteiger partial charge in [0, 0.05) is 33.0 Å². The topological polar surface area (TPSA) is 74.1 Å². The minimum absolute atomic E-state index is 0.0704. The first-order valence-electron chi connectivity index (χ1n) is 6.84. The molecule has 0 aromatic heterocycles. The van der Waals surface area contributed by atoms with Crippen molar-refractivity contribution in [3.8, 4) is 6.07 Å². The summed E-state index contributed by atoms with van der Waals surface area (Å²) in [6.45, 7) is 3.67. The highest BCUT2D eigenvalue weighted by atomic mass is 16.5. The van der Waals surface area contributed by atoms with Crippen molar-refractivity contribution in [2.45, 2.75) is 19.9 Å². The van der Waals surface area contributed by atoms with Crippen molar-refractivity contribution in [2.75, 3.05) is 20.3 Å². The van der Waals surface area contributed by atoms with E-state index >= 15 is 0 Å². The third kappa shape index (κ3) is 6.11. The molecule has 0 radical (unpaired) electrons. The SMILES string of the molecule is COCCCNC(=O)/C(C#N)=C\NCc1ccccc1C. The molecule has 0 saturated carbocycles. The molecule has 2 N–H and O–H groups in total. The van der Waals surface area contributed by atoms with Gasteiger partial charge in [0.15, 0.2) is 0 Å². The van der Waals surface area contributed by atoms with Crippen molar-refractivity contribution >= 4 is 5.91 Å². The van der Waals surface area contributed by atoms with E-state index in [0.29, 0.717) is 19.7 Å². The monoisotopic (exact) mass is 287 g/mol. The van der Waals surface area contributed by atoms with Crippen LogP contribution in [0.1, 0.15) is 17.5 Å². The summed E-state index contributed by atoms with van der Waals surface area (Å²) in [4.78, 5) is 11.8. The molecule has 21 heavy (non-hydrogen) atoms. The van der Waals surface area contributed by atoms with Crippen molar-refractivity contribution < 1.29 is 9.53 Å². The number of carbonyl (C=O) groups excluding carboxylic acids is 1. The van der Waals surface area contributed by atoms with Gasteiger partial charge in [-0.1, -0.05) is 24.3 Å². The molecule has 5 heteroatoms. The van der Waals surface area contributed by atoms with Crippen LogP contribution < -0.4 is 10.6 Å². The van der Waals surface area contributed by atoms with Crippen molar-refractivity contribution in [1.82, 2.24) is 10.6 Å². The van der Waals surface area contributed by atoms with E-state index in [1.165, 1.54) is 11.8 Å². The normalized spacial score (nSPS) is 10.8. The number of nitrogens with zero attached hydrogens (tertiary/aromatic N) is 1. The summed E-state index contributed by atoms with van der Waals surface area (Å²) in [6.07, 6.45) is 2.18. The van der Waals surface area contributed by atoms with Crippen LogP contribution in [0.3, 0.4) is 0 Å². The molecule has 112 valence electrons. The molecule has 1 aromatic carbocycles. The molecule has 1 rings (SSSR count). The minimum Gasteiger partial charge on any atom is -0.386 e. The van der Waals surface area contributed by atoms with Crippen LogP contribution in [-0.2, 0) is 16.1 Å². The lowest BCUT2D eigenvalue weighted by atomic mass is 10.1. The first kappa shape index (κ1) is 16.7. The summed E-state index contributed by atoms with van der Waals surface area (Å²) in [5, 5.41) is 14.7. The lowest BCUT2D eigenvalue weighted by Gasteiger charge is -2.06. The van der Waals surface area contributed by atoms with Gasteiger partial charge < -0.3 is 15.4 Å². The molecule has 0 atom stereocenters. The van der Waals surface area contributed by atoms with E-state index in [1.807, 2.05) is 37.3 Å². The van der Waals surface area contributed by atoms with E-state index in [4.69, 9.17) is 10.00 Å². The van der Waals surface area contributed by atoms with Crippen molar-refractivity contribution in [2.24, 2.45) is 0 Å². The molecule has 0 heterocycles. The molecule has 0 aliphatic rings. The van der Waals surface area contributed by atoms with Crippen LogP contribution in [-0.4, -0.2) is 26.2 Å². The third-order valence-electron chi connectivity index (χ3n) is 2.98. The maximum Gasteiger partial charge on any atom is 0.263 e. The number of hydrogen-bond acceptors (Lipinski definition) is 4. The van der Waals surface area contributed by atoms with Gasteiger partial charge in [0.25, 0.3) is 5.91 Å².